The number of anilines is 2. The van der Waals surface area contributed by atoms with Gasteiger partial charge in [-0.15, -0.1) is 11.3 Å². The number of nitrogens with zero attached hydrogens (tertiary/aromatic N) is 2. The van der Waals surface area contributed by atoms with Gasteiger partial charge in [-0.25, -0.2) is 9.97 Å². The van der Waals surface area contributed by atoms with Crippen molar-refractivity contribution >= 4 is 44.7 Å². The third kappa shape index (κ3) is 3.36. The van der Waals surface area contributed by atoms with Crippen molar-refractivity contribution in [3.05, 3.63) is 64.3 Å². The Bertz CT molecular complexity index is 1140. The minimum Gasteiger partial charge on any atom is -0.495 e. The number of benzene rings is 2. The molecule has 0 atom stereocenters. The number of aromatic nitrogens is 2. The minimum atomic E-state index is 0.628. The van der Waals surface area contributed by atoms with E-state index in [0.717, 1.165) is 27.3 Å². The first-order valence-electron chi connectivity index (χ1n) is 8.47. The predicted molar refractivity (Wildman–Crippen MR) is 114 cm³/mol. The van der Waals surface area contributed by atoms with Crippen molar-refractivity contribution in [1.29, 1.82) is 0 Å². The van der Waals surface area contributed by atoms with Gasteiger partial charge < -0.3 is 10.1 Å². The Morgan fingerprint density at radius 2 is 1.89 bits per heavy atom. The number of rotatable bonds is 4. The fourth-order valence-corrected chi connectivity index (χ4v) is 4.27. The molecule has 1 N–H and O–H groups in total. The van der Waals surface area contributed by atoms with E-state index in [-0.39, 0.29) is 0 Å². The van der Waals surface area contributed by atoms with Gasteiger partial charge in [0.05, 0.1) is 18.2 Å². The topological polar surface area (TPSA) is 47.0 Å². The fraction of sp³-hybridized carbons (Fsp3) is 0.143. The molecule has 0 spiro atoms. The molecule has 136 valence electrons. The molecule has 0 saturated carbocycles. The first-order chi connectivity index (χ1) is 13.1. The van der Waals surface area contributed by atoms with Crippen LogP contribution in [0.5, 0.6) is 5.75 Å². The van der Waals surface area contributed by atoms with Crippen LogP contribution in [0.25, 0.3) is 21.3 Å². The van der Waals surface area contributed by atoms with Crippen LogP contribution < -0.4 is 10.1 Å². The molecule has 27 heavy (non-hydrogen) atoms. The van der Waals surface area contributed by atoms with Crippen LogP contribution in [-0.4, -0.2) is 17.1 Å². The summed E-state index contributed by atoms with van der Waals surface area (Å²) in [5.41, 5.74) is 5.54. The number of methoxy groups -OCH3 is 1. The quantitative estimate of drug-likeness (QED) is 0.435. The zero-order valence-corrected chi connectivity index (χ0v) is 16.8. The molecule has 0 unspecified atom stereocenters. The summed E-state index contributed by atoms with van der Waals surface area (Å²) in [6.07, 6.45) is 1.57. The van der Waals surface area contributed by atoms with Gasteiger partial charge >= 0.3 is 0 Å². The van der Waals surface area contributed by atoms with Crippen LogP contribution in [0.15, 0.2) is 48.1 Å². The molecule has 0 fully saturated rings. The second kappa shape index (κ2) is 7.18. The zero-order valence-electron chi connectivity index (χ0n) is 15.2. The van der Waals surface area contributed by atoms with Crippen LogP contribution in [0.4, 0.5) is 11.5 Å². The summed E-state index contributed by atoms with van der Waals surface area (Å²) in [6.45, 7) is 4.23. The van der Waals surface area contributed by atoms with Crippen LogP contribution >= 0.6 is 22.9 Å². The van der Waals surface area contributed by atoms with Gasteiger partial charge in [0.2, 0.25) is 0 Å². The van der Waals surface area contributed by atoms with Gasteiger partial charge in [0.25, 0.3) is 0 Å². The number of aryl methyl sites for hydroxylation is 2. The van der Waals surface area contributed by atoms with E-state index in [1.165, 1.54) is 16.7 Å². The monoisotopic (exact) mass is 395 g/mol. The van der Waals surface area contributed by atoms with Gasteiger partial charge in [0.15, 0.2) is 0 Å². The molecule has 2 heterocycles. The van der Waals surface area contributed by atoms with Crippen molar-refractivity contribution < 1.29 is 4.74 Å². The minimum absolute atomic E-state index is 0.628. The first-order valence-corrected chi connectivity index (χ1v) is 9.73. The van der Waals surface area contributed by atoms with Gasteiger partial charge in [-0.3, -0.25) is 0 Å². The Kier molecular flexibility index (Phi) is 4.72. The van der Waals surface area contributed by atoms with Crippen LogP contribution in [0.3, 0.4) is 0 Å². The molecule has 0 radical (unpaired) electrons. The summed E-state index contributed by atoms with van der Waals surface area (Å²) in [6, 6.07) is 11.9. The molecule has 4 aromatic rings. The second-order valence-corrected chi connectivity index (χ2v) is 7.63. The van der Waals surface area contributed by atoms with Crippen molar-refractivity contribution in [1.82, 2.24) is 9.97 Å². The Morgan fingerprint density at radius 3 is 2.67 bits per heavy atom. The molecule has 4 nitrogen and oxygen atoms in total. The van der Waals surface area contributed by atoms with E-state index in [2.05, 4.69) is 52.7 Å². The third-order valence-corrected chi connectivity index (χ3v) is 5.58. The summed E-state index contributed by atoms with van der Waals surface area (Å²) in [5.74, 6) is 1.44. The Morgan fingerprint density at radius 1 is 1.04 bits per heavy atom. The summed E-state index contributed by atoms with van der Waals surface area (Å²) in [5, 5.41) is 7.14. The van der Waals surface area contributed by atoms with Crippen molar-refractivity contribution in [2.24, 2.45) is 0 Å². The maximum Gasteiger partial charge on any atom is 0.143 e. The van der Waals surface area contributed by atoms with E-state index >= 15 is 0 Å². The number of hydrogen-bond acceptors (Lipinski definition) is 5. The lowest BCUT2D eigenvalue weighted by atomic mass is 9.99. The molecular formula is C21H18ClN3OS. The summed E-state index contributed by atoms with van der Waals surface area (Å²) >= 11 is 7.78. The van der Waals surface area contributed by atoms with E-state index in [1.807, 2.05) is 12.1 Å². The SMILES string of the molecule is COc1ccc(Cl)cc1Nc1ncnc2scc(-c3ccc(C)cc3C)c12. The molecule has 2 aromatic heterocycles. The van der Waals surface area contributed by atoms with Gasteiger partial charge in [-0.1, -0.05) is 35.4 Å². The number of fused-ring (bicyclic) bond motifs is 1. The van der Waals surface area contributed by atoms with Gasteiger partial charge in [0, 0.05) is 16.0 Å². The molecule has 0 bridgehead atoms. The number of thiophene rings is 1. The molecule has 2 aromatic carbocycles. The van der Waals surface area contributed by atoms with E-state index in [1.54, 1.807) is 30.8 Å². The molecule has 0 saturated heterocycles. The highest BCUT2D eigenvalue weighted by atomic mass is 35.5. The summed E-state index contributed by atoms with van der Waals surface area (Å²) in [7, 11) is 1.63. The van der Waals surface area contributed by atoms with Gasteiger partial charge in [-0.05, 0) is 43.2 Å². The average Bonchev–Trinajstić information content (AvgIpc) is 3.07. The smallest absolute Gasteiger partial charge is 0.143 e. The average molecular weight is 396 g/mol. The van der Waals surface area contributed by atoms with E-state index in [0.29, 0.717) is 10.8 Å². The molecule has 6 heteroatoms. The molecule has 0 amide bonds. The Labute approximate surface area is 166 Å². The first kappa shape index (κ1) is 17.8. The lowest BCUT2D eigenvalue weighted by molar-refractivity contribution is 0.417. The highest BCUT2D eigenvalue weighted by Crippen LogP contribution is 2.40. The standard InChI is InChI=1S/C21H18ClN3OS/c1-12-4-6-15(13(2)8-12)16-10-27-21-19(16)20(23-11-24-21)25-17-9-14(22)5-7-18(17)26-3/h4-11H,1-3H3,(H,23,24,25). The fourth-order valence-electron chi connectivity index (χ4n) is 3.19. The predicted octanol–water partition coefficient (Wildman–Crippen LogP) is 6.38. The van der Waals surface area contributed by atoms with Crippen molar-refractivity contribution in [3.8, 4) is 16.9 Å². The van der Waals surface area contributed by atoms with Crippen molar-refractivity contribution in [2.45, 2.75) is 13.8 Å². The summed E-state index contributed by atoms with van der Waals surface area (Å²) < 4.78 is 5.45. The van der Waals surface area contributed by atoms with Crippen LogP contribution in [0, 0.1) is 13.8 Å². The van der Waals surface area contributed by atoms with Crippen LogP contribution in [0.2, 0.25) is 5.02 Å². The number of nitrogens with one attached hydrogen (secondary N) is 1. The third-order valence-electron chi connectivity index (χ3n) is 4.46. The maximum absolute atomic E-state index is 6.17. The lowest BCUT2D eigenvalue weighted by Crippen LogP contribution is -1.98. The summed E-state index contributed by atoms with van der Waals surface area (Å²) in [4.78, 5) is 9.88. The molecule has 0 aliphatic rings. The number of halogens is 1. The Balaban J connectivity index is 1.88. The normalized spacial score (nSPS) is 11.0. The molecule has 0 aliphatic carbocycles. The van der Waals surface area contributed by atoms with Gasteiger partial charge in [-0.2, -0.15) is 0 Å². The van der Waals surface area contributed by atoms with E-state index in [4.69, 9.17) is 16.3 Å². The number of hydrogen-bond donors (Lipinski definition) is 1. The van der Waals surface area contributed by atoms with E-state index in [9.17, 15) is 0 Å². The largest absolute Gasteiger partial charge is 0.495 e. The Hall–Kier alpha value is -2.63. The van der Waals surface area contributed by atoms with Crippen molar-refractivity contribution in [3.63, 3.8) is 0 Å². The molecule has 0 aliphatic heterocycles. The highest BCUT2D eigenvalue weighted by Gasteiger charge is 2.16. The molecule has 4 rings (SSSR count). The maximum atomic E-state index is 6.17. The highest BCUT2D eigenvalue weighted by molar-refractivity contribution is 7.17. The number of ether oxygens (including phenoxy) is 1. The van der Waals surface area contributed by atoms with E-state index < -0.39 is 0 Å². The second-order valence-electron chi connectivity index (χ2n) is 6.34. The van der Waals surface area contributed by atoms with Crippen LogP contribution in [0.1, 0.15) is 11.1 Å². The molecular weight excluding hydrogens is 378 g/mol. The lowest BCUT2D eigenvalue weighted by Gasteiger charge is -2.13. The van der Waals surface area contributed by atoms with Gasteiger partial charge in [0.1, 0.15) is 22.7 Å². The van der Waals surface area contributed by atoms with Crippen molar-refractivity contribution in [2.75, 3.05) is 12.4 Å². The van der Waals surface area contributed by atoms with Crippen LogP contribution in [-0.2, 0) is 0 Å². The zero-order chi connectivity index (χ0) is 19.0.